The molecule has 2 heterocycles. The number of phenols is 1. The van der Waals surface area contributed by atoms with Gasteiger partial charge in [-0.1, -0.05) is 31.0 Å². The van der Waals surface area contributed by atoms with Crippen molar-refractivity contribution in [1.29, 1.82) is 0 Å². The van der Waals surface area contributed by atoms with E-state index in [-0.39, 0.29) is 29.6 Å². The quantitative estimate of drug-likeness (QED) is 0.305. The summed E-state index contributed by atoms with van der Waals surface area (Å²) in [5.74, 6) is 0.0405. The van der Waals surface area contributed by atoms with Crippen molar-refractivity contribution in [1.82, 2.24) is 15.1 Å². The lowest BCUT2D eigenvalue weighted by Crippen LogP contribution is -2.35. The Balaban J connectivity index is 1.40. The van der Waals surface area contributed by atoms with Gasteiger partial charge in [-0.25, -0.2) is 4.79 Å². The molecule has 1 aliphatic carbocycles. The van der Waals surface area contributed by atoms with Crippen LogP contribution in [0.1, 0.15) is 60.8 Å². The number of phenolic OH excluding ortho intramolecular Hbond substituents is 1. The van der Waals surface area contributed by atoms with Crippen LogP contribution in [-0.4, -0.2) is 32.9 Å². The third-order valence-corrected chi connectivity index (χ3v) is 7.41. The molecule has 0 spiro atoms. The van der Waals surface area contributed by atoms with Gasteiger partial charge in [-0.2, -0.15) is 9.78 Å². The van der Waals surface area contributed by atoms with E-state index in [1.807, 2.05) is 50.2 Å². The number of amides is 2. The summed E-state index contributed by atoms with van der Waals surface area (Å²) in [4.78, 5) is 26.2. The molecule has 1 aliphatic rings. The monoisotopic (exact) mass is 488 g/mol. The summed E-state index contributed by atoms with van der Waals surface area (Å²) in [6, 6.07) is 16.3. The second-order valence-corrected chi connectivity index (χ2v) is 10.4. The maximum Gasteiger partial charge on any atom is 0.342 e. The number of rotatable bonds is 5. The van der Waals surface area contributed by atoms with Gasteiger partial charge in [0, 0.05) is 34.0 Å². The van der Waals surface area contributed by atoms with Gasteiger partial charge in [-0.3, -0.25) is 4.79 Å². The number of nitrogens with one attached hydrogen (secondary N) is 2. The Bertz CT molecular complexity index is 1370. The summed E-state index contributed by atoms with van der Waals surface area (Å²) in [5, 5.41) is 22.2. The minimum absolute atomic E-state index is 0.00831. The molecule has 7 nitrogen and oxygen atoms in total. The first-order chi connectivity index (χ1) is 16.9. The molecule has 4 aromatic rings. The maximum absolute atomic E-state index is 12.8. The largest absolute Gasteiger partial charge is 0.507 e. The standard InChI is InChI=1S/C27H28N4O3S/c1-16(2)28-27(34)31-22(17-7-3-4-8-17)15-21(30-31)20-12-11-19(14-23(20)32)29-26(33)25-13-18-9-5-6-10-24(18)35-25/h5-6,9-17,32H,3-4,7-8H2,1-2H3,(H,28,34)(H,29,33). The lowest BCUT2D eigenvalue weighted by atomic mass is 10.0. The minimum Gasteiger partial charge on any atom is -0.507 e. The highest BCUT2D eigenvalue weighted by molar-refractivity contribution is 7.20. The van der Waals surface area contributed by atoms with Crippen molar-refractivity contribution < 1.29 is 14.7 Å². The first-order valence-electron chi connectivity index (χ1n) is 11.9. The molecule has 2 amide bonds. The van der Waals surface area contributed by atoms with Crippen LogP contribution in [0.25, 0.3) is 21.3 Å². The zero-order valence-electron chi connectivity index (χ0n) is 19.7. The van der Waals surface area contributed by atoms with Gasteiger partial charge in [0.05, 0.1) is 16.3 Å². The number of hydrogen-bond acceptors (Lipinski definition) is 5. The number of thiophene rings is 1. The summed E-state index contributed by atoms with van der Waals surface area (Å²) in [7, 11) is 0. The van der Waals surface area contributed by atoms with E-state index >= 15 is 0 Å². The van der Waals surface area contributed by atoms with Crippen molar-refractivity contribution in [2.24, 2.45) is 0 Å². The van der Waals surface area contributed by atoms with Gasteiger partial charge in [0.1, 0.15) is 5.75 Å². The summed E-state index contributed by atoms with van der Waals surface area (Å²) < 4.78 is 2.49. The predicted octanol–water partition coefficient (Wildman–Crippen LogP) is 6.35. The number of hydrogen-bond donors (Lipinski definition) is 3. The summed E-state index contributed by atoms with van der Waals surface area (Å²) in [5.41, 5.74) is 2.41. The van der Waals surface area contributed by atoms with Crippen LogP contribution in [0.15, 0.2) is 54.6 Å². The molecule has 8 heteroatoms. The van der Waals surface area contributed by atoms with Crippen molar-refractivity contribution in [2.75, 3.05) is 5.32 Å². The van der Waals surface area contributed by atoms with Crippen molar-refractivity contribution >= 4 is 39.0 Å². The Hall–Kier alpha value is -3.65. The van der Waals surface area contributed by atoms with Crippen molar-refractivity contribution in [3.8, 4) is 17.0 Å². The molecule has 35 heavy (non-hydrogen) atoms. The Morgan fingerprint density at radius 3 is 2.57 bits per heavy atom. The van der Waals surface area contributed by atoms with Crippen molar-refractivity contribution in [2.45, 2.75) is 51.5 Å². The Morgan fingerprint density at radius 1 is 1.09 bits per heavy atom. The number of carbonyl (C=O) groups excluding carboxylic acids is 2. The highest BCUT2D eigenvalue weighted by Crippen LogP contribution is 2.38. The second-order valence-electron chi connectivity index (χ2n) is 9.29. The lowest BCUT2D eigenvalue weighted by Gasteiger charge is -2.13. The summed E-state index contributed by atoms with van der Waals surface area (Å²) in [6.45, 7) is 3.82. The molecular formula is C27H28N4O3S. The Kier molecular flexibility index (Phi) is 6.30. The number of benzene rings is 2. The fourth-order valence-corrected chi connectivity index (χ4v) is 5.58. The molecule has 2 aromatic heterocycles. The van der Waals surface area contributed by atoms with E-state index in [0.29, 0.717) is 21.8 Å². The van der Waals surface area contributed by atoms with Gasteiger partial charge in [-0.15, -0.1) is 11.3 Å². The third-order valence-electron chi connectivity index (χ3n) is 6.30. The van der Waals surface area contributed by atoms with E-state index in [4.69, 9.17) is 0 Å². The lowest BCUT2D eigenvalue weighted by molar-refractivity contribution is 0.103. The number of fused-ring (bicyclic) bond motifs is 1. The molecule has 5 rings (SSSR count). The number of aromatic nitrogens is 2. The van der Waals surface area contributed by atoms with E-state index in [1.54, 1.807) is 12.1 Å². The van der Waals surface area contributed by atoms with E-state index < -0.39 is 0 Å². The second kappa shape index (κ2) is 9.54. The van der Waals surface area contributed by atoms with Crippen LogP contribution in [0.2, 0.25) is 0 Å². The fraction of sp³-hybridized carbons (Fsp3) is 0.296. The number of anilines is 1. The van der Waals surface area contributed by atoms with E-state index in [9.17, 15) is 14.7 Å². The van der Waals surface area contributed by atoms with Gasteiger partial charge in [0.2, 0.25) is 0 Å². The highest BCUT2D eigenvalue weighted by atomic mass is 32.1. The normalized spacial score (nSPS) is 14.0. The van der Waals surface area contributed by atoms with E-state index in [2.05, 4.69) is 15.7 Å². The highest BCUT2D eigenvalue weighted by Gasteiger charge is 2.26. The molecule has 0 saturated heterocycles. The zero-order valence-corrected chi connectivity index (χ0v) is 20.6. The maximum atomic E-state index is 12.8. The van der Waals surface area contributed by atoms with Gasteiger partial charge >= 0.3 is 6.03 Å². The molecule has 2 aromatic carbocycles. The predicted molar refractivity (Wildman–Crippen MR) is 139 cm³/mol. The molecule has 0 aliphatic heterocycles. The van der Waals surface area contributed by atoms with Crippen LogP contribution in [0.3, 0.4) is 0 Å². The molecule has 1 saturated carbocycles. The Labute approximate surface area is 207 Å². The molecule has 0 bridgehead atoms. The van der Waals surface area contributed by atoms with Gasteiger partial charge < -0.3 is 15.7 Å². The van der Waals surface area contributed by atoms with Crippen LogP contribution in [0.4, 0.5) is 10.5 Å². The number of nitrogens with zero attached hydrogens (tertiary/aromatic N) is 2. The van der Waals surface area contributed by atoms with Crippen LogP contribution in [0.5, 0.6) is 5.75 Å². The SMILES string of the molecule is CC(C)NC(=O)n1nc(-c2ccc(NC(=O)c3cc4ccccc4s3)cc2O)cc1C1CCCC1. The molecule has 0 unspecified atom stereocenters. The van der Waals surface area contributed by atoms with Gasteiger partial charge in [-0.05, 0) is 62.4 Å². The smallest absolute Gasteiger partial charge is 0.342 e. The van der Waals surface area contributed by atoms with E-state index in [0.717, 1.165) is 41.5 Å². The average molecular weight is 489 g/mol. The number of aromatic hydroxyl groups is 1. The minimum atomic E-state index is -0.264. The van der Waals surface area contributed by atoms with Crippen molar-refractivity contribution in [3.63, 3.8) is 0 Å². The van der Waals surface area contributed by atoms with Crippen LogP contribution in [0, 0.1) is 0 Å². The van der Waals surface area contributed by atoms with Gasteiger partial charge in [0.15, 0.2) is 0 Å². The van der Waals surface area contributed by atoms with Crippen LogP contribution >= 0.6 is 11.3 Å². The van der Waals surface area contributed by atoms with Crippen molar-refractivity contribution in [3.05, 3.63) is 65.2 Å². The molecule has 0 radical (unpaired) electrons. The summed E-state index contributed by atoms with van der Waals surface area (Å²) in [6.07, 6.45) is 4.32. The molecule has 1 fully saturated rings. The zero-order chi connectivity index (χ0) is 24.5. The molecule has 3 N–H and O–H groups in total. The van der Waals surface area contributed by atoms with E-state index in [1.165, 1.54) is 22.1 Å². The third kappa shape index (κ3) is 4.79. The topological polar surface area (TPSA) is 96.3 Å². The van der Waals surface area contributed by atoms with Crippen LogP contribution in [-0.2, 0) is 0 Å². The fourth-order valence-electron chi connectivity index (χ4n) is 4.62. The van der Waals surface area contributed by atoms with Crippen LogP contribution < -0.4 is 10.6 Å². The average Bonchev–Trinajstić information content (AvgIpc) is 3.57. The van der Waals surface area contributed by atoms with Gasteiger partial charge in [0.25, 0.3) is 5.91 Å². The first-order valence-corrected chi connectivity index (χ1v) is 12.7. The molecular weight excluding hydrogens is 460 g/mol. The molecule has 180 valence electrons. The molecule has 0 atom stereocenters. The summed E-state index contributed by atoms with van der Waals surface area (Å²) >= 11 is 1.43. The first kappa shape index (κ1) is 23.1. The Morgan fingerprint density at radius 2 is 1.86 bits per heavy atom. The number of carbonyl (C=O) groups is 2.